The second-order valence-corrected chi connectivity index (χ2v) is 3.94. The van der Waals surface area contributed by atoms with Crippen LogP contribution in [0.5, 0.6) is 0 Å². The van der Waals surface area contributed by atoms with Crippen LogP contribution in [0.25, 0.3) is 0 Å². The van der Waals surface area contributed by atoms with Crippen molar-refractivity contribution in [2.24, 2.45) is 0 Å². The maximum atomic E-state index is 12.0. The van der Waals surface area contributed by atoms with Gasteiger partial charge >= 0.3 is 12.0 Å². The maximum absolute atomic E-state index is 12.0. The minimum Gasteiger partial charge on any atom is -0.480 e. The molecule has 0 spiro atoms. The molecule has 1 aliphatic rings. The molecule has 1 fully saturated rings. The monoisotopic (exact) mass is 234 g/mol. The summed E-state index contributed by atoms with van der Waals surface area (Å²) in [5, 5.41) is 8.73. The Labute approximate surface area is 99.3 Å². The molecular formula is C12H14N2O3. The van der Waals surface area contributed by atoms with E-state index in [0.29, 0.717) is 13.1 Å². The van der Waals surface area contributed by atoms with E-state index >= 15 is 0 Å². The molecular weight excluding hydrogens is 220 g/mol. The van der Waals surface area contributed by atoms with Crippen molar-refractivity contribution < 1.29 is 14.7 Å². The van der Waals surface area contributed by atoms with E-state index in [1.165, 1.54) is 4.90 Å². The smallest absolute Gasteiger partial charge is 0.325 e. The highest BCUT2D eigenvalue weighted by molar-refractivity contribution is 5.94. The normalized spacial score (nSPS) is 16.1. The van der Waals surface area contributed by atoms with Crippen molar-refractivity contribution in [3.63, 3.8) is 0 Å². The summed E-state index contributed by atoms with van der Waals surface area (Å²) in [4.78, 5) is 25.7. The first-order chi connectivity index (χ1) is 8.18. The molecule has 0 atom stereocenters. The molecule has 0 aromatic heterocycles. The van der Waals surface area contributed by atoms with Crippen LogP contribution in [-0.2, 0) is 4.79 Å². The zero-order valence-electron chi connectivity index (χ0n) is 9.37. The van der Waals surface area contributed by atoms with E-state index < -0.39 is 5.97 Å². The summed E-state index contributed by atoms with van der Waals surface area (Å²) in [5.74, 6) is -0.978. The van der Waals surface area contributed by atoms with Gasteiger partial charge in [-0.15, -0.1) is 0 Å². The third-order valence-electron chi connectivity index (χ3n) is 2.71. The Morgan fingerprint density at radius 2 is 1.94 bits per heavy atom. The number of amides is 2. The number of carbonyl (C=O) groups is 2. The Kier molecular flexibility index (Phi) is 3.27. The van der Waals surface area contributed by atoms with Crippen LogP contribution in [0, 0.1) is 0 Å². The summed E-state index contributed by atoms with van der Waals surface area (Å²) in [7, 11) is 0. The second kappa shape index (κ2) is 4.86. The lowest BCUT2D eigenvalue weighted by Gasteiger charge is -2.34. The number of urea groups is 1. The molecule has 0 bridgehead atoms. The molecule has 5 heteroatoms. The highest BCUT2D eigenvalue weighted by Gasteiger charge is 2.27. The number of anilines is 1. The van der Waals surface area contributed by atoms with Crippen LogP contribution >= 0.6 is 0 Å². The molecule has 0 saturated carbocycles. The quantitative estimate of drug-likeness (QED) is 0.860. The molecule has 0 aliphatic carbocycles. The van der Waals surface area contributed by atoms with Gasteiger partial charge in [0.15, 0.2) is 0 Å². The number of carboxylic acid groups (broad SMARTS) is 1. The molecule has 90 valence electrons. The fourth-order valence-corrected chi connectivity index (χ4v) is 1.94. The Bertz CT molecular complexity index is 419. The number of rotatable bonds is 3. The highest BCUT2D eigenvalue weighted by Crippen LogP contribution is 2.19. The van der Waals surface area contributed by atoms with Crippen molar-refractivity contribution in [2.45, 2.75) is 6.42 Å². The standard InChI is InChI=1S/C12H14N2O3/c15-11(16)9-13-7-4-8-14(12(13)17)10-5-2-1-3-6-10/h1-3,5-6H,4,7-9H2,(H,15,16). The average Bonchev–Trinajstić information content (AvgIpc) is 2.32. The van der Waals surface area contributed by atoms with E-state index in [1.807, 2.05) is 30.3 Å². The first-order valence-corrected chi connectivity index (χ1v) is 5.52. The molecule has 1 heterocycles. The van der Waals surface area contributed by atoms with Crippen molar-refractivity contribution in [3.05, 3.63) is 30.3 Å². The lowest BCUT2D eigenvalue weighted by Crippen LogP contribution is -2.51. The third-order valence-corrected chi connectivity index (χ3v) is 2.71. The van der Waals surface area contributed by atoms with Gasteiger partial charge in [0.2, 0.25) is 0 Å². The van der Waals surface area contributed by atoms with Gasteiger partial charge in [-0.1, -0.05) is 18.2 Å². The predicted molar refractivity (Wildman–Crippen MR) is 63.0 cm³/mol. The van der Waals surface area contributed by atoms with Crippen LogP contribution in [0.4, 0.5) is 10.5 Å². The third kappa shape index (κ3) is 2.55. The summed E-state index contributed by atoms with van der Waals surface area (Å²) < 4.78 is 0. The highest BCUT2D eigenvalue weighted by atomic mass is 16.4. The minimum absolute atomic E-state index is 0.232. The second-order valence-electron chi connectivity index (χ2n) is 3.94. The fourth-order valence-electron chi connectivity index (χ4n) is 1.94. The van der Waals surface area contributed by atoms with Crippen LogP contribution in [0.1, 0.15) is 6.42 Å². The number of para-hydroxylation sites is 1. The fraction of sp³-hybridized carbons (Fsp3) is 0.333. The van der Waals surface area contributed by atoms with Crippen molar-refractivity contribution in [2.75, 3.05) is 24.5 Å². The van der Waals surface area contributed by atoms with E-state index in [0.717, 1.165) is 12.1 Å². The molecule has 1 aromatic carbocycles. The lowest BCUT2D eigenvalue weighted by molar-refractivity contribution is -0.137. The molecule has 17 heavy (non-hydrogen) atoms. The van der Waals surface area contributed by atoms with Gasteiger partial charge in [-0.2, -0.15) is 0 Å². The Morgan fingerprint density at radius 3 is 2.59 bits per heavy atom. The van der Waals surface area contributed by atoms with Gasteiger partial charge in [-0.05, 0) is 18.6 Å². The van der Waals surface area contributed by atoms with Crippen molar-refractivity contribution >= 4 is 17.7 Å². The molecule has 2 rings (SSSR count). The topological polar surface area (TPSA) is 60.9 Å². The average molecular weight is 234 g/mol. The molecule has 1 aliphatic heterocycles. The maximum Gasteiger partial charge on any atom is 0.325 e. The first-order valence-electron chi connectivity index (χ1n) is 5.52. The van der Waals surface area contributed by atoms with Crippen LogP contribution < -0.4 is 4.90 Å². The largest absolute Gasteiger partial charge is 0.480 e. The molecule has 1 saturated heterocycles. The Balaban J connectivity index is 2.14. The molecule has 5 nitrogen and oxygen atoms in total. The van der Waals surface area contributed by atoms with Crippen molar-refractivity contribution in [1.82, 2.24) is 4.90 Å². The number of benzene rings is 1. The zero-order chi connectivity index (χ0) is 12.3. The van der Waals surface area contributed by atoms with Crippen LogP contribution in [0.15, 0.2) is 30.3 Å². The molecule has 1 N–H and O–H groups in total. The number of nitrogens with zero attached hydrogens (tertiary/aromatic N) is 2. The van der Waals surface area contributed by atoms with Crippen molar-refractivity contribution in [1.29, 1.82) is 0 Å². The summed E-state index contributed by atoms with van der Waals surface area (Å²) in [6, 6.07) is 9.07. The van der Waals surface area contributed by atoms with E-state index in [1.54, 1.807) is 4.90 Å². The first kappa shape index (κ1) is 11.4. The van der Waals surface area contributed by atoms with Gasteiger partial charge in [0.05, 0.1) is 0 Å². The zero-order valence-corrected chi connectivity index (χ0v) is 9.37. The van der Waals surface area contributed by atoms with Crippen LogP contribution in [0.2, 0.25) is 0 Å². The summed E-state index contributed by atoms with van der Waals surface area (Å²) in [6.45, 7) is 0.912. The number of carbonyl (C=O) groups excluding carboxylic acids is 1. The van der Waals surface area contributed by atoms with Crippen LogP contribution in [0.3, 0.4) is 0 Å². The van der Waals surface area contributed by atoms with Gasteiger partial charge in [-0.3, -0.25) is 9.69 Å². The number of carboxylic acids is 1. The molecule has 2 amide bonds. The van der Waals surface area contributed by atoms with E-state index in [2.05, 4.69) is 0 Å². The van der Waals surface area contributed by atoms with E-state index in [-0.39, 0.29) is 12.6 Å². The summed E-state index contributed by atoms with van der Waals surface area (Å²) in [5.41, 5.74) is 0.813. The molecule has 1 aromatic rings. The summed E-state index contributed by atoms with van der Waals surface area (Å²) in [6.07, 6.45) is 0.786. The minimum atomic E-state index is -0.978. The number of hydrogen-bond donors (Lipinski definition) is 1. The van der Waals surface area contributed by atoms with Gasteiger partial charge < -0.3 is 10.0 Å². The van der Waals surface area contributed by atoms with E-state index in [9.17, 15) is 9.59 Å². The Hall–Kier alpha value is -2.04. The number of aliphatic carboxylic acids is 1. The molecule has 0 radical (unpaired) electrons. The summed E-state index contributed by atoms with van der Waals surface area (Å²) >= 11 is 0. The number of hydrogen-bond acceptors (Lipinski definition) is 2. The van der Waals surface area contributed by atoms with Crippen molar-refractivity contribution in [3.8, 4) is 0 Å². The van der Waals surface area contributed by atoms with Gasteiger partial charge in [0, 0.05) is 18.8 Å². The van der Waals surface area contributed by atoms with Gasteiger partial charge in [-0.25, -0.2) is 4.79 Å². The lowest BCUT2D eigenvalue weighted by atomic mass is 10.2. The van der Waals surface area contributed by atoms with Crippen LogP contribution in [-0.4, -0.2) is 41.6 Å². The van der Waals surface area contributed by atoms with Gasteiger partial charge in [0.1, 0.15) is 6.54 Å². The SMILES string of the molecule is O=C(O)CN1CCCN(c2ccccc2)C1=O. The van der Waals surface area contributed by atoms with Gasteiger partial charge in [0.25, 0.3) is 0 Å². The van der Waals surface area contributed by atoms with E-state index in [4.69, 9.17) is 5.11 Å². The molecule has 0 unspecified atom stereocenters. The predicted octanol–water partition coefficient (Wildman–Crippen LogP) is 1.40. The Morgan fingerprint density at radius 1 is 1.24 bits per heavy atom.